The van der Waals surface area contributed by atoms with Gasteiger partial charge in [0.1, 0.15) is 6.04 Å². The van der Waals surface area contributed by atoms with E-state index in [0.29, 0.717) is 6.54 Å². The SMILES string of the molecule is CC1C(=O)NCC(=O)N1Cc1ccc(Br)s1. The molecule has 1 N–H and O–H groups in total. The summed E-state index contributed by atoms with van der Waals surface area (Å²) in [5.41, 5.74) is 0. The second-order valence-electron chi connectivity index (χ2n) is 3.62. The van der Waals surface area contributed by atoms with Crippen molar-refractivity contribution in [2.75, 3.05) is 6.54 Å². The van der Waals surface area contributed by atoms with Gasteiger partial charge in [-0.25, -0.2) is 0 Å². The highest BCUT2D eigenvalue weighted by atomic mass is 79.9. The number of hydrogen-bond acceptors (Lipinski definition) is 3. The standard InChI is InChI=1S/C10H11BrN2O2S/c1-6-10(15)12-4-9(14)13(6)5-7-2-3-8(11)16-7/h2-3,6H,4-5H2,1H3,(H,12,15). The molecule has 0 radical (unpaired) electrons. The molecule has 86 valence electrons. The van der Waals surface area contributed by atoms with Crippen LogP contribution in [0.3, 0.4) is 0 Å². The summed E-state index contributed by atoms with van der Waals surface area (Å²) in [6.07, 6.45) is 0. The van der Waals surface area contributed by atoms with Crippen LogP contribution in [0.15, 0.2) is 15.9 Å². The van der Waals surface area contributed by atoms with E-state index in [1.807, 2.05) is 12.1 Å². The van der Waals surface area contributed by atoms with Crippen LogP contribution >= 0.6 is 27.3 Å². The summed E-state index contributed by atoms with van der Waals surface area (Å²) < 4.78 is 1.03. The Kier molecular flexibility index (Phi) is 3.30. The zero-order chi connectivity index (χ0) is 11.7. The van der Waals surface area contributed by atoms with Gasteiger partial charge in [-0.1, -0.05) is 0 Å². The van der Waals surface area contributed by atoms with Gasteiger partial charge in [-0.05, 0) is 35.0 Å². The molecule has 0 aromatic carbocycles. The van der Waals surface area contributed by atoms with Crippen molar-refractivity contribution in [3.05, 3.63) is 20.8 Å². The Bertz CT molecular complexity index is 432. The monoisotopic (exact) mass is 302 g/mol. The molecule has 1 aromatic heterocycles. The first-order valence-corrected chi connectivity index (χ1v) is 6.50. The van der Waals surface area contributed by atoms with Gasteiger partial charge in [0.15, 0.2) is 0 Å². The lowest BCUT2D eigenvalue weighted by Gasteiger charge is -2.32. The van der Waals surface area contributed by atoms with Gasteiger partial charge in [-0.2, -0.15) is 0 Å². The lowest BCUT2D eigenvalue weighted by Crippen LogP contribution is -2.56. The molecule has 1 saturated heterocycles. The predicted molar refractivity (Wildman–Crippen MR) is 65.0 cm³/mol. The number of hydrogen-bond donors (Lipinski definition) is 1. The van der Waals surface area contributed by atoms with Crippen molar-refractivity contribution >= 4 is 39.1 Å². The van der Waals surface area contributed by atoms with Crippen LogP contribution in [0.1, 0.15) is 11.8 Å². The normalized spacial score (nSPS) is 21.1. The highest BCUT2D eigenvalue weighted by Crippen LogP contribution is 2.24. The Morgan fingerprint density at radius 2 is 2.31 bits per heavy atom. The summed E-state index contributed by atoms with van der Waals surface area (Å²) in [6, 6.07) is 3.52. The van der Waals surface area contributed by atoms with E-state index in [9.17, 15) is 9.59 Å². The van der Waals surface area contributed by atoms with E-state index >= 15 is 0 Å². The fraction of sp³-hybridized carbons (Fsp3) is 0.400. The zero-order valence-corrected chi connectivity index (χ0v) is 11.1. The summed E-state index contributed by atoms with van der Waals surface area (Å²) in [7, 11) is 0. The summed E-state index contributed by atoms with van der Waals surface area (Å²) in [6.45, 7) is 2.36. The molecule has 6 heteroatoms. The number of nitrogens with one attached hydrogen (secondary N) is 1. The molecule has 16 heavy (non-hydrogen) atoms. The molecular weight excluding hydrogens is 292 g/mol. The zero-order valence-electron chi connectivity index (χ0n) is 8.70. The first-order valence-electron chi connectivity index (χ1n) is 4.89. The van der Waals surface area contributed by atoms with Crippen LogP contribution in [-0.2, 0) is 16.1 Å². The number of carbonyl (C=O) groups excluding carboxylic acids is 2. The van der Waals surface area contributed by atoms with E-state index in [2.05, 4.69) is 21.2 Å². The molecule has 2 rings (SSSR count). The minimum atomic E-state index is -0.387. The number of amides is 2. The van der Waals surface area contributed by atoms with Crippen molar-refractivity contribution in [2.45, 2.75) is 19.5 Å². The van der Waals surface area contributed by atoms with Crippen LogP contribution in [0.25, 0.3) is 0 Å². The molecule has 1 aliphatic rings. The number of carbonyl (C=O) groups is 2. The van der Waals surface area contributed by atoms with Gasteiger partial charge < -0.3 is 10.2 Å². The van der Waals surface area contributed by atoms with Crippen molar-refractivity contribution in [3.63, 3.8) is 0 Å². The van der Waals surface area contributed by atoms with Crippen molar-refractivity contribution in [2.24, 2.45) is 0 Å². The van der Waals surface area contributed by atoms with Gasteiger partial charge in [0.05, 0.1) is 16.9 Å². The maximum atomic E-state index is 11.7. The van der Waals surface area contributed by atoms with E-state index in [-0.39, 0.29) is 24.4 Å². The van der Waals surface area contributed by atoms with Crippen molar-refractivity contribution in [1.29, 1.82) is 0 Å². The van der Waals surface area contributed by atoms with Gasteiger partial charge >= 0.3 is 0 Å². The van der Waals surface area contributed by atoms with Crippen molar-refractivity contribution in [1.82, 2.24) is 10.2 Å². The van der Waals surface area contributed by atoms with E-state index in [0.717, 1.165) is 8.66 Å². The molecule has 4 nitrogen and oxygen atoms in total. The lowest BCUT2D eigenvalue weighted by atomic mass is 10.2. The molecule has 2 heterocycles. The third-order valence-electron chi connectivity index (χ3n) is 2.54. The molecule has 1 aliphatic heterocycles. The second kappa shape index (κ2) is 4.55. The second-order valence-corrected chi connectivity index (χ2v) is 6.17. The van der Waals surface area contributed by atoms with E-state index in [4.69, 9.17) is 0 Å². The molecule has 1 fully saturated rings. The van der Waals surface area contributed by atoms with Crippen LogP contribution in [0.5, 0.6) is 0 Å². The quantitative estimate of drug-likeness (QED) is 0.897. The van der Waals surface area contributed by atoms with Crippen molar-refractivity contribution in [3.8, 4) is 0 Å². The molecule has 0 bridgehead atoms. The molecule has 0 spiro atoms. The minimum Gasteiger partial charge on any atom is -0.345 e. The number of thiophene rings is 1. The molecule has 2 amide bonds. The first-order chi connectivity index (χ1) is 7.58. The van der Waals surface area contributed by atoms with E-state index < -0.39 is 0 Å². The highest BCUT2D eigenvalue weighted by Gasteiger charge is 2.30. The number of halogens is 1. The maximum Gasteiger partial charge on any atom is 0.242 e. The van der Waals surface area contributed by atoms with Gasteiger partial charge in [0, 0.05) is 4.88 Å². The van der Waals surface area contributed by atoms with Gasteiger partial charge in [0.2, 0.25) is 11.8 Å². The Morgan fingerprint density at radius 1 is 1.56 bits per heavy atom. The number of piperazine rings is 1. The van der Waals surface area contributed by atoms with Crippen molar-refractivity contribution < 1.29 is 9.59 Å². The van der Waals surface area contributed by atoms with Crippen LogP contribution < -0.4 is 5.32 Å². The predicted octanol–water partition coefficient (Wildman–Crippen LogP) is 1.36. The van der Waals surface area contributed by atoms with Gasteiger partial charge in [0.25, 0.3) is 0 Å². The molecule has 0 saturated carbocycles. The molecule has 1 unspecified atom stereocenters. The Morgan fingerprint density at radius 3 is 2.94 bits per heavy atom. The van der Waals surface area contributed by atoms with Gasteiger partial charge in [-0.15, -0.1) is 11.3 Å². The van der Waals surface area contributed by atoms with E-state index in [1.165, 1.54) is 0 Å². The average Bonchev–Trinajstić information content (AvgIpc) is 2.65. The van der Waals surface area contributed by atoms with Crippen LogP contribution in [0.2, 0.25) is 0 Å². The topological polar surface area (TPSA) is 49.4 Å². The summed E-state index contributed by atoms with van der Waals surface area (Å²) in [4.78, 5) is 25.8. The molecule has 0 aliphatic carbocycles. The molecule has 1 atom stereocenters. The largest absolute Gasteiger partial charge is 0.345 e. The summed E-state index contributed by atoms with van der Waals surface area (Å²) >= 11 is 4.95. The van der Waals surface area contributed by atoms with Crippen LogP contribution in [-0.4, -0.2) is 29.3 Å². The Hall–Kier alpha value is -0.880. The molecule has 1 aromatic rings. The number of rotatable bonds is 2. The first kappa shape index (κ1) is 11.6. The third-order valence-corrected chi connectivity index (χ3v) is 4.14. The highest BCUT2D eigenvalue weighted by molar-refractivity contribution is 9.11. The maximum absolute atomic E-state index is 11.7. The smallest absolute Gasteiger partial charge is 0.242 e. The summed E-state index contributed by atoms with van der Waals surface area (Å²) in [5.74, 6) is -0.119. The fourth-order valence-electron chi connectivity index (χ4n) is 1.60. The third kappa shape index (κ3) is 2.27. The lowest BCUT2D eigenvalue weighted by molar-refractivity contribution is -0.145. The number of nitrogens with zero attached hydrogens (tertiary/aromatic N) is 1. The van der Waals surface area contributed by atoms with E-state index in [1.54, 1.807) is 23.2 Å². The summed E-state index contributed by atoms with van der Waals surface area (Å²) in [5, 5.41) is 2.57. The molecular formula is C10H11BrN2O2S. The average molecular weight is 303 g/mol. The van der Waals surface area contributed by atoms with Crippen LogP contribution in [0, 0.1) is 0 Å². The fourth-order valence-corrected chi connectivity index (χ4v) is 3.08. The Labute approximate surface area is 106 Å². The Balaban J connectivity index is 2.12. The van der Waals surface area contributed by atoms with Crippen LogP contribution in [0.4, 0.5) is 0 Å². The minimum absolute atomic E-state index is 0.0309. The van der Waals surface area contributed by atoms with Gasteiger partial charge in [-0.3, -0.25) is 9.59 Å².